The quantitative estimate of drug-likeness (QED) is 0.862. The van der Waals surface area contributed by atoms with Crippen LogP contribution < -0.4 is 5.32 Å². The SMILES string of the molecule is Ic1ccc(CNCC2CCCO2)cc1. The van der Waals surface area contributed by atoms with Crippen molar-refractivity contribution in [3.63, 3.8) is 0 Å². The molecule has 0 amide bonds. The van der Waals surface area contributed by atoms with Crippen molar-refractivity contribution in [2.24, 2.45) is 0 Å². The fourth-order valence-corrected chi connectivity index (χ4v) is 2.14. The van der Waals surface area contributed by atoms with Crippen molar-refractivity contribution in [2.45, 2.75) is 25.5 Å². The Morgan fingerprint density at radius 1 is 1.33 bits per heavy atom. The Hall–Kier alpha value is -0.130. The minimum atomic E-state index is 0.439. The van der Waals surface area contributed by atoms with Gasteiger partial charge in [0.15, 0.2) is 0 Å². The number of halogens is 1. The van der Waals surface area contributed by atoms with Gasteiger partial charge in [0.05, 0.1) is 6.10 Å². The Kier molecular flexibility index (Phi) is 4.41. The number of hydrogen-bond acceptors (Lipinski definition) is 2. The first-order valence-electron chi connectivity index (χ1n) is 5.41. The van der Waals surface area contributed by atoms with E-state index in [1.807, 2.05) is 0 Å². The van der Waals surface area contributed by atoms with Crippen molar-refractivity contribution in [2.75, 3.05) is 13.2 Å². The van der Waals surface area contributed by atoms with Crippen molar-refractivity contribution in [1.82, 2.24) is 5.32 Å². The molecule has 0 spiro atoms. The van der Waals surface area contributed by atoms with Crippen LogP contribution in [0.25, 0.3) is 0 Å². The molecule has 1 N–H and O–H groups in total. The molecule has 1 heterocycles. The molecular weight excluding hydrogens is 301 g/mol. The molecule has 1 aliphatic rings. The van der Waals surface area contributed by atoms with Crippen LogP contribution >= 0.6 is 22.6 Å². The van der Waals surface area contributed by atoms with E-state index in [-0.39, 0.29) is 0 Å². The number of rotatable bonds is 4. The molecule has 0 aliphatic carbocycles. The minimum absolute atomic E-state index is 0.439. The number of nitrogens with one attached hydrogen (secondary N) is 1. The zero-order valence-electron chi connectivity index (χ0n) is 8.71. The number of ether oxygens (including phenoxy) is 1. The van der Waals surface area contributed by atoms with Crippen molar-refractivity contribution in [1.29, 1.82) is 0 Å². The molecule has 1 aromatic carbocycles. The third kappa shape index (κ3) is 3.74. The molecule has 15 heavy (non-hydrogen) atoms. The summed E-state index contributed by atoms with van der Waals surface area (Å²) in [7, 11) is 0. The Morgan fingerprint density at radius 3 is 2.80 bits per heavy atom. The van der Waals surface area contributed by atoms with Crippen LogP contribution in [0.5, 0.6) is 0 Å². The maximum Gasteiger partial charge on any atom is 0.0700 e. The molecule has 1 saturated heterocycles. The van der Waals surface area contributed by atoms with Gasteiger partial charge in [-0.25, -0.2) is 0 Å². The second-order valence-electron chi connectivity index (χ2n) is 3.89. The standard InChI is InChI=1S/C12H16INO/c13-11-5-3-10(4-6-11)8-14-9-12-2-1-7-15-12/h3-6,12,14H,1-2,7-9H2. The Bertz CT molecular complexity index is 293. The fourth-order valence-electron chi connectivity index (χ4n) is 1.79. The highest BCUT2D eigenvalue weighted by atomic mass is 127. The van der Waals surface area contributed by atoms with Crippen molar-refractivity contribution in [3.05, 3.63) is 33.4 Å². The van der Waals surface area contributed by atoms with Crippen molar-refractivity contribution >= 4 is 22.6 Å². The normalized spacial score (nSPS) is 20.7. The molecule has 2 nitrogen and oxygen atoms in total. The zero-order chi connectivity index (χ0) is 10.5. The smallest absolute Gasteiger partial charge is 0.0700 e. The van der Waals surface area contributed by atoms with Crippen LogP contribution in [0, 0.1) is 3.57 Å². The monoisotopic (exact) mass is 317 g/mol. The predicted octanol–water partition coefficient (Wildman–Crippen LogP) is 2.56. The van der Waals surface area contributed by atoms with E-state index in [0.29, 0.717) is 6.10 Å². The molecule has 1 fully saturated rings. The first kappa shape index (κ1) is 11.4. The van der Waals surface area contributed by atoms with Crippen molar-refractivity contribution in [3.8, 4) is 0 Å². The molecule has 2 rings (SSSR count). The van der Waals surface area contributed by atoms with Crippen molar-refractivity contribution < 1.29 is 4.74 Å². The van der Waals surface area contributed by atoms with Gasteiger partial charge in [-0.2, -0.15) is 0 Å². The van der Waals surface area contributed by atoms with Gasteiger partial charge in [0.1, 0.15) is 0 Å². The van der Waals surface area contributed by atoms with Gasteiger partial charge in [-0.05, 0) is 53.1 Å². The summed E-state index contributed by atoms with van der Waals surface area (Å²) in [6.07, 6.45) is 2.86. The van der Waals surface area contributed by atoms with Crippen LogP contribution in [0.2, 0.25) is 0 Å². The van der Waals surface area contributed by atoms with E-state index in [1.54, 1.807) is 0 Å². The van der Waals surface area contributed by atoms with E-state index in [9.17, 15) is 0 Å². The molecule has 0 bridgehead atoms. The zero-order valence-corrected chi connectivity index (χ0v) is 10.9. The molecule has 0 aromatic heterocycles. The summed E-state index contributed by atoms with van der Waals surface area (Å²) in [6, 6.07) is 8.63. The lowest BCUT2D eigenvalue weighted by molar-refractivity contribution is 0.110. The third-order valence-corrected chi connectivity index (χ3v) is 3.36. The van der Waals surface area contributed by atoms with Gasteiger partial charge in [0, 0.05) is 23.3 Å². The number of hydrogen-bond donors (Lipinski definition) is 1. The van der Waals surface area contributed by atoms with Crippen LogP contribution in [0.3, 0.4) is 0 Å². The lowest BCUT2D eigenvalue weighted by Crippen LogP contribution is -2.25. The van der Waals surface area contributed by atoms with Gasteiger partial charge in [-0.15, -0.1) is 0 Å². The fraction of sp³-hybridized carbons (Fsp3) is 0.500. The molecule has 1 aromatic rings. The summed E-state index contributed by atoms with van der Waals surface area (Å²) < 4.78 is 6.83. The van der Waals surface area contributed by atoms with Gasteiger partial charge < -0.3 is 10.1 Å². The summed E-state index contributed by atoms with van der Waals surface area (Å²) >= 11 is 2.32. The second-order valence-corrected chi connectivity index (χ2v) is 5.14. The van der Waals surface area contributed by atoms with E-state index in [1.165, 1.54) is 22.0 Å². The van der Waals surface area contributed by atoms with Gasteiger partial charge >= 0.3 is 0 Å². The topological polar surface area (TPSA) is 21.3 Å². The summed E-state index contributed by atoms with van der Waals surface area (Å²) in [6.45, 7) is 2.86. The van der Waals surface area contributed by atoms with Crippen LogP contribution in [-0.4, -0.2) is 19.3 Å². The predicted molar refractivity (Wildman–Crippen MR) is 69.8 cm³/mol. The summed E-state index contributed by atoms with van der Waals surface area (Å²) in [5.41, 5.74) is 1.34. The molecule has 0 radical (unpaired) electrons. The van der Waals surface area contributed by atoms with E-state index < -0.39 is 0 Å². The van der Waals surface area contributed by atoms with E-state index in [0.717, 1.165) is 19.7 Å². The Labute approximate surface area is 105 Å². The maximum atomic E-state index is 5.55. The molecular formula is C12H16INO. The highest BCUT2D eigenvalue weighted by molar-refractivity contribution is 14.1. The van der Waals surface area contributed by atoms with E-state index >= 15 is 0 Å². The Morgan fingerprint density at radius 2 is 2.13 bits per heavy atom. The molecule has 1 aliphatic heterocycles. The highest BCUT2D eigenvalue weighted by Crippen LogP contribution is 2.11. The third-order valence-electron chi connectivity index (χ3n) is 2.64. The first-order chi connectivity index (χ1) is 7.34. The lowest BCUT2D eigenvalue weighted by atomic mass is 10.2. The minimum Gasteiger partial charge on any atom is -0.377 e. The number of benzene rings is 1. The summed E-state index contributed by atoms with van der Waals surface area (Å²) in [5.74, 6) is 0. The average molecular weight is 317 g/mol. The molecule has 0 saturated carbocycles. The molecule has 3 heteroatoms. The first-order valence-corrected chi connectivity index (χ1v) is 6.49. The molecule has 1 unspecified atom stereocenters. The van der Waals surface area contributed by atoms with Crippen LogP contribution in [-0.2, 0) is 11.3 Å². The van der Waals surface area contributed by atoms with E-state index in [4.69, 9.17) is 4.74 Å². The largest absolute Gasteiger partial charge is 0.377 e. The summed E-state index contributed by atoms with van der Waals surface area (Å²) in [5, 5.41) is 3.44. The lowest BCUT2D eigenvalue weighted by Gasteiger charge is -2.10. The molecule has 82 valence electrons. The van der Waals surface area contributed by atoms with Gasteiger partial charge in [0.2, 0.25) is 0 Å². The van der Waals surface area contributed by atoms with Gasteiger partial charge in [-0.1, -0.05) is 12.1 Å². The van der Waals surface area contributed by atoms with E-state index in [2.05, 4.69) is 52.2 Å². The second kappa shape index (κ2) is 5.82. The highest BCUT2D eigenvalue weighted by Gasteiger charge is 2.14. The van der Waals surface area contributed by atoms with Crippen LogP contribution in [0.15, 0.2) is 24.3 Å². The maximum absolute atomic E-state index is 5.55. The molecule has 1 atom stereocenters. The van der Waals surface area contributed by atoms with Crippen LogP contribution in [0.4, 0.5) is 0 Å². The van der Waals surface area contributed by atoms with Crippen LogP contribution in [0.1, 0.15) is 18.4 Å². The van der Waals surface area contributed by atoms with Gasteiger partial charge in [0.25, 0.3) is 0 Å². The summed E-state index contributed by atoms with van der Waals surface area (Å²) in [4.78, 5) is 0. The average Bonchev–Trinajstić information content (AvgIpc) is 2.74. The van der Waals surface area contributed by atoms with Gasteiger partial charge in [-0.3, -0.25) is 0 Å². The Balaban J connectivity index is 1.71.